The van der Waals surface area contributed by atoms with Crippen LogP contribution in [0.3, 0.4) is 0 Å². The van der Waals surface area contributed by atoms with Gasteiger partial charge in [0.2, 0.25) is 0 Å². The monoisotopic (exact) mass is 249 g/mol. The standard InChI is InChI=1S/C11H23NO5/c1-4-12-7-8(13)9(14)10(15)11(12,2)17-6-5-16-3/h8-10,13-15H,4-7H2,1-3H3. The van der Waals surface area contributed by atoms with Gasteiger partial charge in [0.1, 0.15) is 17.9 Å². The maximum atomic E-state index is 10.1. The Morgan fingerprint density at radius 1 is 1.29 bits per heavy atom. The highest BCUT2D eigenvalue weighted by Gasteiger charge is 2.50. The zero-order chi connectivity index (χ0) is 13.1. The summed E-state index contributed by atoms with van der Waals surface area (Å²) < 4.78 is 10.5. The first-order valence-corrected chi connectivity index (χ1v) is 5.89. The SMILES string of the molecule is CCN1CC(O)C(O)C(O)C1(C)OCCOC. The lowest BCUT2D eigenvalue weighted by Gasteiger charge is -2.50. The molecule has 4 atom stereocenters. The third-order valence-electron chi connectivity index (χ3n) is 3.37. The van der Waals surface area contributed by atoms with Crippen molar-refractivity contribution in [1.82, 2.24) is 4.90 Å². The molecule has 1 aliphatic heterocycles. The van der Waals surface area contributed by atoms with Gasteiger partial charge in [-0.25, -0.2) is 0 Å². The fourth-order valence-electron chi connectivity index (χ4n) is 2.18. The molecule has 1 heterocycles. The molecule has 0 aromatic carbocycles. The Hall–Kier alpha value is -0.240. The first-order valence-electron chi connectivity index (χ1n) is 5.89. The molecule has 6 nitrogen and oxygen atoms in total. The normalized spacial score (nSPS) is 39.5. The van der Waals surface area contributed by atoms with Crippen molar-refractivity contribution in [1.29, 1.82) is 0 Å². The number of aliphatic hydroxyl groups excluding tert-OH is 3. The lowest BCUT2D eigenvalue weighted by molar-refractivity contribution is -0.270. The zero-order valence-corrected chi connectivity index (χ0v) is 10.7. The van der Waals surface area contributed by atoms with Crippen molar-refractivity contribution in [2.45, 2.75) is 37.9 Å². The van der Waals surface area contributed by atoms with E-state index in [1.807, 2.05) is 11.8 Å². The lowest BCUT2D eigenvalue weighted by atomic mass is 9.91. The van der Waals surface area contributed by atoms with Crippen LogP contribution in [0.1, 0.15) is 13.8 Å². The molecule has 1 fully saturated rings. The van der Waals surface area contributed by atoms with Crippen LogP contribution in [0.25, 0.3) is 0 Å². The molecule has 102 valence electrons. The van der Waals surface area contributed by atoms with E-state index in [-0.39, 0.29) is 6.54 Å². The van der Waals surface area contributed by atoms with Gasteiger partial charge in [-0.2, -0.15) is 0 Å². The smallest absolute Gasteiger partial charge is 0.147 e. The number of hydrogen-bond acceptors (Lipinski definition) is 6. The Balaban J connectivity index is 2.75. The van der Waals surface area contributed by atoms with Gasteiger partial charge in [0.15, 0.2) is 0 Å². The van der Waals surface area contributed by atoms with Crippen LogP contribution in [0, 0.1) is 0 Å². The van der Waals surface area contributed by atoms with Gasteiger partial charge in [-0.15, -0.1) is 0 Å². The van der Waals surface area contributed by atoms with Gasteiger partial charge in [-0.3, -0.25) is 4.90 Å². The minimum Gasteiger partial charge on any atom is -0.389 e. The quantitative estimate of drug-likeness (QED) is 0.530. The molecule has 0 aliphatic carbocycles. The Labute approximate surface area is 102 Å². The third-order valence-corrected chi connectivity index (χ3v) is 3.37. The zero-order valence-electron chi connectivity index (χ0n) is 10.7. The van der Waals surface area contributed by atoms with E-state index in [4.69, 9.17) is 9.47 Å². The molecule has 1 rings (SSSR count). The summed E-state index contributed by atoms with van der Waals surface area (Å²) in [7, 11) is 1.57. The van der Waals surface area contributed by atoms with Crippen molar-refractivity contribution in [3.63, 3.8) is 0 Å². The first kappa shape index (κ1) is 14.8. The maximum absolute atomic E-state index is 10.1. The van der Waals surface area contributed by atoms with Crippen LogP contribution in [0.5, 0.6) is 0 Å². The molecule has 0 aromatic rings. The van der Waals surface area contributed by atoms with Crippen molar-refractivity contribution in [2.75, 3.05) is 33.4 Å². The Morgan fingerprint density at radius 3 is 2.47 bits per heavy atom. The Kier molecular flexibility index (Phi) is 5.30. The second-order valence-corrected chi connectivity index (χ2v) is 4.44. The van der Waals surface area contributed by atoms with Crippen molar-refractivity contribution in [3.05, 3.63) is 0 Å². The highest BCUT2D eigenvalue weighted by Crippen LogP contribution is 2.29. The van der Waals surface area contributed by atoms with E-state index >= 15 is 0 Å². The van der Waals surface area contributed by atoms with Crippen LogP contribution in [0.4, 0.5) is 0 Å². The van der Waals surface area contributed by atoms with Gasteiger partial charge in [-0.1, -0.05) is 6.92 Å². The molecule has 0 radical (unpaired) electrons. The van der Waals surface area contributed by atoms with Crippen LogP contribution in [-0.4, -0.2) is 77.7 Å². The van der Waals surface area contributed by atoms with Crippen LogP contribution in [0.15, 0.2) is 0 Å². The number of β-amino-alcohol motifs (C(OH)–C–C–N with tert-alkyl or cyclic N) is 1. The van der Waals surface area contributed by atoms with Crippen LogP contribution < -0.4 is 0 Å². The summed E-state index contributed by atoms with van der Waals surface area (Å²) in [6, 6.07) is 0. The van der Waals surface area contributed by atoms with Crippen LogP contribution in [0.2, 0.25) is 0 Å². The van der Waals surface area contributed by atoms with E-state index in [0.29, 0.717) is 19.8 Å². The molecular weight excluding hydrogens is 226 g/mol. The largest absolute Gasteiger partial charge is 0.389 e. The summed E-state index contributed by atoms with van der Waals surface area (Å²) in [4.78, 5) is 1.81. The third kappa shape index (κ3) is 2.96. The van der Waals surface area contributed by atoms with E-state index in [0.717, 1.165) is 0 Å². The molecule has 0 amide bonds. The number of hydrogen-bond donors (Lipinski definition) is 3. The molecule has 4 unspecified atom stereocenters. The van der Waals surface area contributed by atoms with Gasteiger partial charge >= 0.3 is 0 Å². The highest BCUT2D eigenvalue weighted by molar-refractivity contribution is 4.97. The molecule has 0 bridgehead atoms. The van der Waals surface area contributed by atoms with Gasteiger partial charge in [0.05, 0.1) is 19.3 Å². The fourth-order valence-corrected chi connectivity index (χ4v) is 2.18. The number of ether oxygens (including phenoxy) is 2. The second kappa shape index (κ2) is 6.08. The summed E-state index contributed by atoms with van der Waals surface area (Å²) in [6.45, 7) is 5.26. The maximum Gasteiger partial charge on any atom is 0.147 e. The van der Waals surface area contributed by atoms with Crippen LogP contribution >= 0.6 is 0 Å². The summed E-state index contributed by atoms with van der Waals surface area (Å²) >= 11 is 0. The molecule has 1 aliphatic rings. The fraction of sp³-hybridized carbons (Fsp3) is 1.00. The molecule has 3 N–H and O–H groups in total. The number of likely N-dealkylation sites (tertiary alicyclic amines) is 1. The minimum atomic E-state index is -1.19. The number of likely N-dealkylation sites (N-methyl/N-ethyl adjacent to an activating group) is 1. The average molecular weight is 249 g/mol. The van der Waals surface area contributed by atoms with E-state index in [1.165, 1.54) is 0 Å². The van der Waals surface area contributed by atoms with E-state index in [1.54, 1.807) is 14.0 Å². The van der Waals surface area contributed by atoms with Crippen molar-refractivity contribution < 1.29 is 24.8 Å². The van der Waals surface area contributed by atoms with Crippen molar-refractivity contribution >= 4 is 0 Å². The molecule has 1 saturated heterocycles. The molecule has 0 aromatic heterocycles. The summed E-state index contributed by atoms with van der Waals surface area (Å²) in [5.41, 5.74) is -0.994. The minimum absolute atomic E-state index is 0.276. The number of methoxy groups -OCH3 is 1. The van der Waals surface area contributed by atoms with Crippen molar-refractivity contribution in [3.8, 4) is 0 Å². The summed E-state index contributed by atoms with van der Waals surface area (Å²) in [5.74, 6) is 0. The highest BCUT2D eigenvalue weighted by atomic mass is 16.6. The second-order valence-electron chi connectivity index (χ2n) is 4.44. The van der Waals surface area contributed by atoms with E-state index in [2.05, 4.69) is 0 Å². The molecular formula is C11H23NO5. The topological polar surface area (TPSA) is 82.4 Å². The van der Waals surface area contributed by atoms with Gasteiger partial charge in [0, 0.05) is 13.7 Å². The summed E-state index contributed by atoms with van der Waals surface area (Å²) in [6.07, 6.45) is -3.29. The van der Waals surface area contributed by atoms with E-state index in [9.17, 15) is 15.3 Å². The molecule has 6 heteroatoms. The Bertz CT molecular complexity index is 236. The van der Waals surface area contributed by atoms with Crippen LogP contribution in [-0.2, 0) is 9.47 Å². The Morgan fingerprint density at radius 2 is 1.94 bits per heavy atom. The lowest BCUT2D eigenvalue weighted by Crippen LogP contribution is -2.69. The number of nitrogens with zero attached hydrogens (tertiary/aromatic N) is 1. The van der Waals surface area contributed by atoms with Gasteiger partial charge in [-0.05, 0) is 13.5 Å². The number of rotatable bonds is 5. The van der Waals surface area contributed by atoms with Gasteiger partial charge < -0.3 is 24.8 Å². The predicted octanol–water partition coefficient (Wildman–Crippen LogP) is -1.22. The first-order chi connectivity index (χ1) is 7.97. The number of aliphatic hydroxyl groups is 3. The molecule has 17 heavy (non-hydrogen) atoms. The average Bonchev–Trinajstić information content (AvgIpc) is 2.32. The van der Waals surface area contributed by atoms with Crippen molar-refractivity contribution in [2.24, 2.45) is 0 Å². The molecule has 0 saturated carbocycles. The van der Waals surface area contributed by atoms with Gasteiger partial charge in [0.25, 0.3) is 0 Å². The molecule has 0 spiro atoms. The summed E-state index contributed by atoms with van der Waals surface area (Å²) in [5, 5.41) is 29.4. The number of piperidine rings is 1. The predicted molar refractivity (Wildman–Crippen MR) is 61.5 cm³/mol. The van der Waals surface area contributed by atoms with E-state index < -0.39 is 24.0 Å².